The molecule has 0 amide bonds. The van der Waals surface area contributed by atoms with Crippen LogP contribution in [0.25, 0.3) is 0 Å². The fourth-order valence-corrected chi connectivity index (χ4v) is 2.97. The average Bonchev–Trinajstić information content (AvgIpc) is 2.89. The van der Waals surface area contributed by atoms with Crippen LogP contribution in [0.2, 0.25) is 0 Å². The van der Waals surface area contributed by atoms with Crippen LogP contribution in [-0.2, 0) is 9.47 Å². The lowest BCUT2D eigenvalue weighted by molar-refractivity contribution is -0.189. The van der Waals surface area contributed by atoms with E-state index in [0.717, 1.165) is 24.3 Å². The Kier molecular flexibility index (Phi) is 4.13. The van der Waals surface area contributed by atoms with E-state index in [1.54, 1.807) is 7.11 Å². The molecular weight excluding hydrogens is 256 g/mol. The average molecular weight is 278 g/mol. The van der Waals surface area contributed by atoms with Gasteiger partial charge in [-0.1, -0.05) is 18.6 Å². The van der Waals surface area contributed by atoms with Gasteiger partial charge < -0.3 is 18.9 Å². The number of hydrogen-bond donors (Lipinski definition) is 0. The zero-order valence-corrected chi connectivity index (χ0v) is 12.0. The normalized spacial score (nSPS) is 24.8. The van der Waals surface area contributed by atoms with E-state index in [4.69, 9.17) is 18.9 Å². The van der Waals surface area contributed by atoms with Crippen LogP contribution < -0.4 is 9.47 Å². The largest absolute Gasteiger partial charge is 0.493 e. The molecular formula is C16H22O4. The molecule has 1 saturated heterocycles. The zero-order chi connectivity index (χ0) is 13.8. The maximum atomic E-state index is 6.10. The predicted octanol–water partition coefficient (Wildman–Crippen LogP) is 3.15. The van der Waals surface area contributed by atoms with Gasteiger partial charge in [-0.2, -0.15) is 0 Å². The highest BCUT2D eigenvalue weighted by molar-refractivity contribution is 5.39. The van der Waals surface area contributed by atoms with Crippen molar-refractivity contribution in [2.75, 3.05) is 20.3 Å². The minimum atomic E-state index is -0.326. The van der Waals surface area contributed by atoms with Gasteiger partial charge in [0.25, 0.3) is 0 Å². The molecule has 1 atom stereocenters. The van der Waals surface area contributed by atoms with Crippen molar-refractivity contribution in [2.24, 2.45) is 0 Å². The van der Waals surface area contributed by atoms with Gasteiger partial charge in [-0.3, -0.25) is 0 Å². The van der Waals surface area contributed by atoms with E-state index in [0.29, 0.717) is 13.2 Å². The van der Waals surface area contributed by atoms with Crippen LogP contribution in [0, 0.1) is 0 Å². The molecule has 4 nitrogen and oxygen atoms in total. The van der Waals surface area contributed by atoms with Crippen molar-refractivity contribution in [3.05, 3.63) is 24.3 Å². The molecule has 2 fully saturated rings. The number of para-hydroxylation sites is 2. The van der Waals surface area contributed by atoms with Crippen LogP contribution in [0.4, 0.5) is 0 Å². The number of benzene rings is 1. The predicted molar refractivity (Wildman–Crippen MR) is 75.1 cm³/mol. The van der Waals surface area contributed by atoms with Gasteiger partial charge in [-0.15, -0.1) is 0 Å². The van der Waals surface area contributed by atoms with Crippen molar-refractivity contribution in [1.82, 2.24) is 0 Å². The maximum absolute atomic E-state index is 6.10. The number of ether oxygens (including phenoxy) is 4. The van der Waals surface area contributed by atoms with Crippen LogP contribution >= 0.6 is 0 Å². The molecule has 1 aromatic rings. The maximum Gasteiger partial charge on any atom is 0.169 e. The van der Waals surface area contributed by atoms with Gasteiger partial charge in [0.15, 0.2) is 17.3 Å². The Labute approximate surface area is 120 Å². The van der Waals surface area contributed by atoms with E-state index in [1.807, 2.05) is 24.3 Å². The lowest BCUT2D eigenvalue weighted by Gasteiger charge is -2.31. The molecule has 1 heterocycles. The van der Waals surface area contributed by atoms with Gasteiger partial charge in [0, 0.05) is 12.8 Å². The molecule has 0 aromatic heterocycles. The summed E-state index contributed by atoms with van der Waals surface area (Å²) in [5, 5.41) is 0. The first-order chi connectivity index (χ1) is 9.81. The van der Waals surface area contributed by atoms with E-state index >= 15 is 0 Å². The van der Waals surface area contributed by atoms with E-state index in [2.05, 4.69) is 0 Å². The lowest BCUT2D eigenvalue weighted by Crippen LogP contribution is -2.34. The summed E-state index contributed by atoms with van der Waals surface area (Å²) in [5.74, 6) is 1.18. The third-order valence-electron chi connectivity index (χ3n) is 4.02. The standard InChI is InChI=1S/C16H22O4/c1-17-14-7-3-4-8-15(14)18-11-13-12-19-16(20-13)9-5-2-6-10-16/h3-4,7-8,13H,2,5-6,9-12H2,1H3. The summed E-state index contributed by atoms with van der Waals surface area (Å²) in [5.41, 5.74) is 0. The Bertz CT molecular complexity index is 440. The highest BCUT2D eigenvalue weighted by atomic mass is 16.7. The number of hydrogen-bond acceptors (Lipinski definition) is 4. The molecule has 1 spiro atoms. The quantitative estimate of drug-likeness (QED) is 0.848. The summed E-state index contributed by atoms with van der Waals surface area (Å²) < 4.78 is 23.1. The molecule has 1 unspecified atom stereocenters. The van der Waals surface area contributed by atoms with Gasteiger partial charge in [0.05, 0.1) is 13.7 Å². The Morgan fingerprint density at radius 3 is 2.65 bits per heavy atom. The molecule has 3 rings (SSSR count). The molecule has 20 heavy (non-hydrogen) atoms. The van der Waals surface area contributed by atoms with Crippen molar-refractivity contribution < 1.29 is 18.9 Å². The molecule has 4 heteroatoms. The van der Waals surface area contributed by atoms with E-state index in [9.17, 15) is 0 Å². The highest BCUT2D eigenvalue weighted by Crippen LogP contribution is 2.38. The number of methoxy groups -OCH3 is 1. The molecule has 2 aliphatic rings. The van der Waals surface area contributed by atoms with E-state index in [1.165, 1.54) is 19.3 Å². The first kappa shape index (κ1) is 13.7. The Balaban J connectivity index is 1.54. The smallest absolute Gasteiger partial charge is 0.169 e. The molecule has 0 bridgehead atoms. The van der Waals surface area contributed by atoms with Crippen molar-refractivity contribution >= 4 is 0 Å². The van der Waals surface area contributed by atoms with Crippen LogP contribution in [0.1, 0.15) is 32.1 Å². The first-order valence-corrected chi connectivity index (χ1v) is 7.39. The summed E-state index contributed by atoms with van der Waals surface area (Å²) in [4.78, 5) is 0. The molecule has 1 aliphatic carbocycles. The minimum absolute atomic E-state index is 0.0120. The molecule has 0 N–H and O–H groups in total. The van der Waals surface area contributed by atoms with Gasteiger partial charge in [0.2, 0.25) is 0 Å². The second-order valence-electron chi connectivity index (χ2n) is 5.48. The van der Waals surface area contributed by atoms with Crippen molar-refractivity contribution in [2.45, 2.75) is 44.0 Å². The van der Waals surface area contributed by atoms with Crippen molar-refractivity contribution in [3.63, 3.8) is 0 Å². The monoisotopic (exact) mass is 278 g/mol. The first-order valence-electron chi connectivity index (χ1n) is 7.39. The van der Waals surface area contributed by atoms with Crippen LogP contribution in [0.15, 0.2) is 24.3 Å². The molecule has 1 saturated carbocycles. The summed E-state index contributed by atoms with van der Waals surface area (Å²) in [6, 6.07) is 7.67. The van der Waals surface area contributed by atoms with E-state index < -0.39 is 0 Å². The summed E-state index contributed by atoms with van der Waals surface area (Å²) in [6.45, 7) is 1.12. The highest BCUT2D eigenvalue weighted by Gasteiger charge is 2.42. The van der Waals surface area contributed by atoms with Gasteiger partial charge in [-0.25, -0.2) is 0 Å². The fourth-order valence-electron chi connectivity index (χ4n) is 2.97. The minimum Gasteiger partial charge on any atom is -0.493 e. The van der Waals surface area contributed by atoms with Gasteiger partial charge in [-0.05, 0) is 25.0 Å². The Morgan fingerprint density at radius 1 is 1.15 bits per heavy atom. The van der Waals surface area contributed by atoms with Crippen molar-refractivity contribution in [1.29, 1.82) is 0 Å². The van der Waals surface area contributed by atoms with Crippen LogP contribution in [-0.4, -0.2) is 32.2 Å². The second-order valence-corrected chi connectivity index (χ2v) is 5.48. The van der Waals surface area contributed by atoms with Crippen LogP contribution in [0.3, 0.4) is 0 Å². The summed E-state index contributed by atoms with van der Waals surface area (Å²) in [6.07, 6.45) is 5.71. The zero-order valence-electron chi connectivity index (χ0n) is 12.0. The molecule has 110 valence electrons. The topological polar surface area (TPSA) is 36.9 Å². The summed E-state index contributed by atoms with van der Waals surface area (Å²) in [7, 11) is 1.65. The van der Waals surface area contributed by atoms with E-state index in [-0.39, 0.29) is 11.9 Å². The van der Waals surface area contributed by atoms with Gasteiger partial charge >= 0.3 is 0 Å². The SMILES string of the molecule is COc1ccccc1OCC1COC2(CCCCC2)O1. The second kappa shape index (κ2) is 6.02. The Hall–Kier alpha value is -1.26. The van der Waals surface area contributed by atoms with Crippen LogP contribution in [0.5, 0.6) is 11.5 Å². The van der Waals surface area contributed by atoms with Crippen molar-refractivity contribution in [3.8, 4) is 11.5 Å². The molecule has 1 aliphatic heterocycles. The summed E-state index contributed by atoms with van der Waals surface area (Å²) >= 11 is 0. The molecule has 0 radical (unpaired) electrons. The third-order valence-corrected chi connectivity index (χ3v) is 4.02. The third kappa shape index (κ3) is 2.91. The Morgan fingerprint density at radius 2 is 1.90 bits per heavy atom. The lowest BCUT2D eigenvalue weighted by atomic mass is 9.94. The molecule has 1 aromatic carbocycles. The van der Waals surface area contributed by atoms with Gasteiger partial charge in [0.1, 0.15) is 12.7 Å². The number of rotatable bonds is 4. The fraction of sp³-hybridized carbons (Fsp3) is 0.625.